The smallest absolute Gasteiger partial charge is 0.161 e. The van der Waals surface area contributed by atoms with Crippen LogP contribution in [0.2, 0.25) is 10.0 Å². The van der Waals surface area contributed by atoms with Crippen molar-refractivity contribution in [2.24, 2.45) is 0 Å². The third-order valence-corrected chi connectivity index (χ3v) is 5.78. The number of piperazine rings is 1. The van der Waals surface area contributed by atoms with E-state index in [0.29, 0.717) is 16.5 Å². The van der Waals surface area contributed by atoms with Crippen LogP contribution in [0.5, 0.6) is 0 Å². The van der Waals surface area contributed by atoms with E-state index in [2.05, 4.69) is 9.80 Å². The van der Waals surface area contributed by atoms with E-state index in [0.717, 1.165) is 49.5 Å². The maximum atomic E-state index is 11.8. The molecule has 1 unspecified atom stereocenters. The number of carbonyl (C=O) groups excluding carboxylic acids is 1. The zero-order valence-electron chi connectivity index (χ0n) is 15.4. The average Bonchev–Trinajstić information content (AvgIpc) is 2.68. The summed E-state index contributed by atoms with van der Waals surface area (Å²) in [5, 5.41) is 11.4. The normalized spacial score (nSPS) is 16.4. The molecule has 0 bridgehead atoms. The third kappa shape index (κ3) is 5.02. The van der Waals surface area contributed by atoms with Gasteiger partial charge in [0.2, 0.25) is 0 Å². The molecule has 0 saturated carbocycles. The standard InChI is InChI=1S/C21H24Cl2N2O2/c1-15(26)17-4-2-3-5-20(17)25-12-10-24(11-13-25)9-8-21(27)16-6-7-18(22)19(23)14-16/h2-7,14,21,27H,8-13H2,1H3. The minimum absolute atomic E-state index is 0.0952. The van der Waals surface area contributed by atoms with E-state index in [-0.39, 0.29) is 5.78 Å². The minimum Gasteiger partial charge on any atom is -0.388 e. The zero-order valence-corrected chi connectivity index (χ0v) is 16.9. The average molecular weight is 407 g/mol. The van der Waals surface area contributed by atoms with E-state index in [9.17, 15) is 9.90 Å². The summed E-state index contributed by atoms with van der Waals surface area (Å²) in [7, 11) is 0. The summed E-state index contributed by atoms with van der Waals surface area (Å²) in [5.74, 6) is 0.0952. The van der Waals surface area contributed by atoms with Gasteiger partial charge in [-0.2, -0.15) is 0 Å². The van der Waals surface area contributed by atoms with Gasteiger partial charge < -0.3 is 10.0 Å². The Balaban J connectivity index is 1.52. The van der Waals surface area contributed by atoms with Gasteiger partial charge in [0.05, 0.1) is 16.1 Å². The topological polar surface area (TPSA) is 43.8 Å². The molecular weight excluding hydrogens is 383 g/mol. The van der Waals surface area contributed by atoms with Gasteiger partial charge in [-0.3, -0.25) is 9.69 Å². The number of nitrogens with zero attached hydrogens (tertiary/aromatic N) is 2. The second-order valence-electron chi connectivity index (χ2n) is 6.88. The van der Waals surface area contributed by atoms with Gasteiger partial charge in [-0.25, -0.2) is 0 Å². The molecule has 6 heteroatoms. The highest BCUT2D eigenvalue weighted by Crippen LogP contribution is 2.27. The molecule has 1 atom stereocenters. The number of aliphatic hydroxyl groups excluding tert-OH is 1. The van der Waals surface area contributed by atoms with Crippen molar-refractivity contribution in [1.82, 2.24) is 4.90 Å². The zero-order chi connectivity index (χ0) is 19.4. The number of carbonyl (C=O) groups is 1. The van der Waals surface area contributed by atoms with E-state index in [1.54, 1.807) is 19.1 Å². The molecule has 2 aromatic carbocycles. The van der Waals surface area contributed by atoms with Crippen LogP contribution in [0.3, 0.4) is 0 Å². The van der Waals surface area contributed by atoms with Crippen LogP contribution in [-0.2, 0) is 0 Å². The lowest BCUT2D eigenvalue weighted by Crippen LogP contribution is -2.47. The van der Waals surface area contributed by atoms with Gasteiger partial charge in [0.1, 0.15) is 0 Å². The Hall–Kier alpha value is -1.59. The van der Waals surface area contributed by atoms with Crippen molar-refractivity contribution < 1.29 is 9.90 Å². The fourth-order valence-electron chi connectivity index (χ4n) is 3.45. The van der Waals surface area contributed by atoms with E-state index in [1.807, 2.05) is 30.3 Å². The Kier molecular flexibility index (Phi) is 6.77. The van der Waals surface area contributed by atoms with Gasteiger partial charge in [0.25, 0.3) is 0 Å². The molecule has 1 fully saturated rings. The molecule has 1 aliphatic rings. The second kappa shape index (κ2) is 9.07. The van der Waals surface area contributed by atoms with E-state index >= 15 is 0 Å². The van der Waals surface area contributed by atoms with Crippen LogP contribution in [0.25, 0.3) is 0 Å². The fourth-order valence-corrected chi connectivity index (χ4v) is 3.76. The Morgan fingerprint density at radius 1 is 1.07 bits per heavy atom. The second-order valence-corrected chi connectivity index (χ2v) is 7.69. The monoisotopic (exact) mass is 406 g/mol. The molecule has 2 aromatic rings. The van der Waals surface area contributed by atoms with Crippen LogP contribution in [0.1, 0.15) is 35.4 Å². The largest absolute Gasteiger partial charge is 0.388 e. The summed E-state index contributed by atoms with van der Waals surface area (Å²) in [4.78, 5) is 16.5. The number of para-hydroxylation sites is 1. The van der Waals surface area contributed by atoms with Crippen molar-refractivity contribution in [2.75, 3.05) is 37.6 Å². The quantitative estimate of drug-likeness (QED) is 0.719. The molecule has 0 aliphatic carbocycles. The van der Waals surface area contributed by atoms with Crippen molar-refractivity contribution in [2.45, 2.75) is 19.4 Å². The van der Waals surface area contributed by atoms with Crippen LogP contribution in [0, 0.1) is 0 Å². The fraction of sp³-hybridized carbons (Fsp3) is 0.381. The molecule has 0 amide bonds. The molecule has 4 nitrogen and oxygen atoms in total. The predicted octanol–water partition coefficient (Wildman–Crippen LogP) is 4.44. The summed E-state index contributed by atoms with van der Waals surface area (Å²) < 4.78 is 0. The lowest BCUT2D eigenvalue weighted by atomic mass is 10.1. The predicted molar refractivity (Wildman–Crippen MR) is 111 cm³/mol. The summed E-state index contributed by atoms with van der Waals surface area (Å²) in [6.45, 7) is 5.96. The number of aliphatic hydroxyl groups is 1. The molecule has 0 aromatic heterocycles. The third-order valence-electron chi connectivity index (χ3n) is 5.04. The van der Waals surface area contributed by atoms with Crippen LogP contribution in [0.4, 0.5) is 5.69 Å². The lowest BCUT2D eigenvalue weighted by molar-refractivity contribution is 0.101. The SMILES string of the molecule is CC(=O)c1ccccc1N1CCN(CCC(O)c2ccc(Cl)c(Cl)c2)CC1. The Morgan fingerprint density at radius 3 is 2.44 bits per heavy atom. The van der Waals surface area contributed by atoms with Crippen molar-refractivity contribution in [3.05, 3.63) is 63.6 Å². The number of benzene rings is 2. The highest BCUT2D eigenvalue weighted by molar-refractivity contribution is 6.42. The van der Waals surface area contributed by atoms with Gasteiger partial charge in [-0.1, -0.05) is 41.4 Å². The highest BCUT2D eigenvalue weighted by atomic mass is 35.5. The van der Waals surface area contributed by atoms with Gasteiger partial charge in [0.15, 0.2) is 5.78 Å². The van der Waals surface area contributed by atoms with Crippen molar-refractivity contribution in [1.29, 1.82) is 0 Å². The first-order valence-corrected chi connectivity index (χ1v) is 9.91. The van der Waals surface area contributed by atoms with Crippen LogP contribution >= 0.6 is 23.2 Å². The van der Waals surface area contributed by atoms with Gasteiger partial charge >= 0.3 is 0 Å². The number of rotatable bonds is 6. The lowest BCUT2D eigenvalue weighted by Gasteiger charge is -2.37. The molecule has 1 N–H and O–H groups in total. The molecule has 1 saturated heterocycles. The Bertz CT molecular complexity index is 805. The summed E-state index contributed by atoms with van der Waals surface area (Å²) in [6, 6.07) is 13.0. The number of hydrogen-bond donors (Lipinski definition) is 1. The molecule has 144 valence electrons. The van der Waals surface area contributed by atoms with E-state index < -0.39 is 6.10 Å². The molecule has 1 heterocycles. The first-order valence-electron chi connectivity index (χ1n) is 9.16. The van der Waals surface area contributed by atoms with E-state index in [4.69, 9.17) is 23.2 Å². The molecule has 0 spiro atoms. The van der Waals surface area contributed by atoms with Crippen molar-refractivity contribution in [3.8, 4) is 0 Å². The molecule has 3 rings (SSSR count). The van der Waals surface area contributed by atoms with Gasteiger partial charge in [-0.15, -0.1) is 0 Å². The van der Waals surface area contributed by atoms with Gasteiger partial charge in [0, 0.05) is 44.0 Å². The number of halogens is 2. The number of ketones is 1. The molecule has 0 radical (unpaired) electrons. The maximum absolute atomic E-state index is 11.8. The van der Waals surface area contributed by atoms with Gasteiger partial charge in [-0.05, 0) is 43.2 Å². The Labute approximate surface area is 170 Å². The number of Topliss-reactive ketones (excluding diaryl/α,β-unsaturated/α-hetero) is 1. The summed E-state index contributed by atoms with van der Waals surface area (Å²) in [6.07, 6.45) is 0.0818. The summed E-state index contributed by atoms with van der Waals surface area (Å²) >= 11 is 12.0. The van der Waals surface area contributed by atoms with Crippen molar-refractivity contribution in [3.63, 3.8) is 0 Å². The first-order chi connectivity index (χ1) is 13.0. The van der Waals surface area contributed by atoms with E-state index in [1.165, 1.54) is 0 Å². The van der Waals surface area contributed by atoms with Crippen LogP contribution < -0.4 is 4.90 Å². The Morgan fingerprint density at radius 2 is 1.78 bits per heavy atom. The molecule has 27 heavy (non-hydrogen) atoms. The molecular formula is C21H24Cl2N2O2. The summed E-state index contributed by atoms with van der Waals surface area (Å²) in [5.41, 5.74) is 2.58. The van der Waals surface area contributed by atoms with Crippen molar-refractivity contribution >= 4 is 34.7 Å². The number of hydrogen-bond acceptors (Lipinski definition) is 4. The maximum Gasteiger partial charge on any atom is 0.161 e. The minimum atomic E-state index is -0.559. The first kappa shape index (κ1) is 20.2. The van der Waals surface area contributed by atoms with Crippen LogP contribution in [-0.4, -0.2) is 48.5 Å². The number of anilines is 1. The molecule has 1 aliphatic heterocycles. The highest BCUT2D eigenvalue weighted by Gasteiger charge is 2.21. The van der Waals surface area contributed by atoms with Crippen LogP contribution in [0.15, 0.2) is 42.5 Å².